The van der Waals surface area contributed by atoms with Crippen molar-refractivity contribution in [3.63, 3.8) is 0 Å². The van der Waals surface area contributed by atoms with Gasteiger partial charge in [-0.1, -0.05) is 24.3 Å². The summed E-state index contributed by atoms with van der Waals surface area (Å²) in [5.41, 5.74) is 4.63. The Bertz CT molecular complexity index is 1780. The lowest BCUT2D eigenvalue weighted by Crippen LogP contribution is -2.41. The van der Waals surface area contributed by atoms with E-state index in [9.17, 15) is 9.59 Å². The van der Waals surface area contributed by atoms with Crippen molar-refractivity contribution in [3.05, 3.63) is 107 Å². The van der Waals surface area contributed by atoms with Crippen LogP contribution in [0.2, 0.25) is 0 Å². The SMILES string of the molecule is Cc1cnc(C(=O)N2CCCOc3cccc(c3)C3c4ccc(cc4CCN3C(=O)c3cccc4c3OCCO4)OCC2)cn1.O=CO. The lowest BCUT2D eigenvalue weighted by atomic mass is 9.87. The van der Waals surface area contributed by atoms with Gasteiger partial charge in [0.15, 0.2) is 11.5 Å². The molecule has 2 amide bonds. The molecule has 12 nitrogen and oxygen atoms in total. The number of para-hydroxylation sites is 1. The average Bonchev–Trinajstić information content (AvgIpc) is 3.11. The van der Waals surface area contributed by atoms with Crippen molar-refractivity contribution in [3.8, 4) is 23.0 Å². The van der Waals surface area contributed by atoms with E-state index in [0.29, 0.717) is 87.4 Å². The number of hydrogen-bond acceptors (Lipinski definition) is 9. The van der Waals surface area contributed by atoms with Crippen LogP contribution in [0.25, 0.3) is 0 Å². The molecule has 5 heterocycles. The minimum absolute atomic E-state index is 0.114. The zero-order valence-corrected chi connectivity index (χ0v) is 26.5. The second-order valence-electron chi connectivity index (χ2n) is 11.4. The highest BCUT2D eigenvalue weighted by atomic mass is 16.6. The number of aryl methyl sites for hydroxylation is 1. The highest BCUT2D eigenvalue weighted by Crippen LogP contribution is 2.41. The molecule has 248 valence electrons. The normalized spacial score (nSPS) is 16.8. The number of benzene rings is 3. The molecule has 8 rings (SSSR count). The van der Waals surface area contributed by atoms with Crippen molar-refractivity contribution in [2.45, 2.75) is 25.8 Å². The number of hydrogen-bond donors (Lipinski definition) is 1. The maximum atomic E-state index is 14.2. The number of rotatable bonds is 2. The van der Waals surface area contributed by atoms with Crippen molar-refractivity contribution >= 4 is 18.3 Å². The molecule has 1 atom stereocenters. The number of amides is 2. The smallest absolute Gasteiger partial charge is 0.290 e. The van der Waals surface area contributed by atoms with Gasteiger partial charge in [0.2, 0.25) is 0 Å². The molecule has 6 bridgehead atoms. The summed E-state index contributed by atoms with van der Waals surface area (Å²) in [7, 11) is 0. The largest absolute Gasteiger partial charge is 0.494 e. The van der Waals surface area contributed by atoms with Gasteiger partial charge in [0.25, 0.3) is 18.3 Å². The third-order valence-electron chi connectivity index (χ3n) is 8.33. The lowest BCUT2D eigenvalue weighted by Gasteiger charge is -2.38. The van der Waals surface area contributed by atoms with Crippen LogP contribution in [0.4, 0.5) is 0 Å². The van der Waals surface area contributed by atoms with Gasteiger partial charge in [-0.2, -0.15) is 0 Å². The Labute approximate surface area is 277 Å². The molecule has 4 aliphatic heterocycles. The summed E-state index contributed by atoms with van der Waals surface area (Å²) >= 11 is 0. The van der Waals surface area contributed by atoms with Crippen molar-refractivity contribution in [2.75, 3.05) is 46.1 Å². The van der Waals surface area contributed by atoms with E-state index >= 15 is 0 Å². The molecule has 0 fully saturated rings. The van der Waals surface area contributed by atoms with Crippen molar-refractivity contribution in [2.24, 2.45) is 0 Å². The van der Waals surface area contributed by atoms with Crippen LogP contribution in [0.3, 0.4) is 0 Å². The monoisotopic (exact) mass is 652 g/mol. The average molecular weight is 653 g/mol. The fourth-order valence-electron chi connectivity index (χ4n) is 6.14. The van der Waals surface area contributed by atoms with Crippen LogP contribution in [0.5, 0.6) is 23.0 Å². The van der Waals surface area contributed by atoms with Crippen LogP contribution < -0.4 is 18.9 Å². The van der Waals surface area contributed by atoms with Crippen molar-refractivity contribution < 1.29 is 38.4 Å². The van der Waals surface area contributed by atoms with Crippen LogP contribution in [0, 0.1) is 6.92 Å². The van der Waals surface area contributed by atoms with E-state index in [1.54, 1.807) is 17.2 Å². The lowest BCUT2D eigenvalue weighted by molar-refractivity contribution is -0.122. The first-order chi connectivity index (χ1) is 23.5. The van der Waals surface area contributed by atoms with Gasteiger partial charge in [-0.15, -0.1) is 0 Å². The third kappa shape index (κ3) is 7.02. The fraction of sp³-hybridized carbons (Fsp3) is 0.306. The summed E-state index contributed by atoms with van der Waals surface area (Å²) < 4.78 is 24.0. The number of carboxylic acid groups (broad SMARTS) is 1. The first-order valence-electron chi connectivity index (χ1n) is 15.8. The van der Waals surface area contributed by atoms with Crippen molar-refractivity contribution in [1.82, 2.24) is 19.8 Å². The van der Waals surface area contributed by atoms with Gasteiger partial charge >= 0.3 is 0 Å². The van der Waals surface area contributed by atoms with E-state index in [1.807, 2.05) is 60.4 Å². The van der Waals surface area contributed by atoms with Crippen molar-refractivity contribution in [1.29, 1.82) is 0 Å². The molecular formula is C36H36N4O8. The first kappa shape index (κ1) is 32.3. The molecule has 1 unspecified atom stereocenters. The molecule has 0 saturated carbocycles. The Morgan fingerprint density at radius 2 is 1.62 bits per heavy atom. The Morgan fingerprint density at radius 3 is 2.46 bits per heavy atom. The van der Waals surface area contributed by atoms with Gasteiger partial charge < -0.3 is 33.9 Å². The van der Waals surface area contributed by atoms with E-state index in [1.165, 1.54) is 6.20 Å². The van der Waals surface area contributed by atoms with E-state index in [4.69, 9.17) is 28.8 Å². The zero-order chi connectivity index (χ0) is 33.5. The number of ether oxygens (including phenoxy) is 4. The molecule has 0 spiro atoms. The minimum atomic E-state index is -0.337. The van der Waals surface area contributed by atoms with E-state index in [-0.39, 0.29) is 24.3 Å². The van der Waals surface area contributed by atoms with Gasteiger partial charge in [-0.25, -0.2) is 4.98 Å². The van der Waals surface area contributed by atoms with Gasteiger partial charge in [0.05, 0.1) is 36.6 Å². The highest BCUT2D eigenvalue weighted by Gasteiger charge is 2.35. The molecule has 12 heteroatoms. The van der Waals surface area contributed by atoms with Crippen LogP contribution in [-0.4, -0.2) is 89.2 Å². The number of fused-ring (bicyclic) bond motifs is 9. The van der Waals surface area contributed by atoms with E-state index < -0.39 is 0 Å². The minimum Gasteiger partial charge on any atom is -0.494 e. The van der Waals surface area contributed by atoms with E-state index in [2.05, 4.69) is 16.0 Å². The fourth-order valence-corrected chi connectivity index (χ4v) is 6.14. The van der Waals surface area contributed by atoms with Crippen LogP contribution in [-0.2, 0) is 11.2 Å². The molecule has 4 aromatic rings. The summed E-state index contributed by atoms with van der Waals surface area (Å²) in [6.45, 7) is 4.54. The Morgan fingerprint density at radius 1 is 0.833 bits per heavy atom. The Balaban J connectivity index is 0.00000129. The molecular weight excluding hydrogens is 616 g/mol. The second kappa shape index (κ2) is 14.8. The maximum absolute atomic E-state index is 14.2. The molecule has 0 radical (unpaired) electrons. The molecule has 1 aromatic heterocycles. The number of carbonyl (C=O) groups is 3. The Hall–Kier alpha value is -5.65. The van der Waals surface area contributed by atoms with Gasteiger partial charge in [-0.3, -0.25) is 19.4 Å². The zero-order valence-electron chi connectivity index (χ0n) is 26.5. The standard InChI is InChI=1S/C35H34N4O6.CH2O2/c1-23-21-37-30(22-36-23)35(41)38-12-4-15-42-26-6-2-5-25(20-26)32-28-10-9-27(43-16-14-38)19-24(28)11-13-39(32)34(40)29-7-3-8-31-33(29)45-18-17-44-31;2-1-3/h2-3,5-10,19-22,32H,4,11-18H2,1H3;1H,(H,2,3). The van der Waals surface area contributed by atoms with Crippen LogP contribution in [0.1, 0.15) is 55.7 Å². The summed E-state index contributed by atoms with van der Waals surface area (Å²) in [5, 5.41) is 6.89. The van der Waals surface area contributed by atoms with Gasteiger partial charge in [0, 0.05) is 19.3 Å². The summed E-state index contributed by atoms with van der Waals surface area (Å²) in [6, 6.07) is 19.1. The third-order valence-corrected chi connectivity index (χ3v) is 8.33. The summed E-state index contributed by atoms with van der Waals surface area (Å²) in [5.74, 6) is 2.21. The summed E-state index contributed by atoms with van der Waals surface area (Å²) in [4.78, 5) is 48.1. The van der Waals surface area contributed by atoms with Gasteiger partial charge in [0.1, 0.15) is 37.0 Å². The predicted octanol–water partition coefficient (Wildman–Crippen LogP) is 4.35. The first-order valence-corrected chi connectivity index (χ1v) is 15.8. The van der Waals surface area contributed by atoms with E-state index in [0.717, 1.165) is 28.1 Å². The predicted molar refractivity (Wildman–Crippen MR) is 174 cm³/mol. The maximum Gasteiger partial charge on any atom is 0.290 e. The second-order valence-corrected chi connectivity index (χ2v) is 11.4. The quantitative estimate of drug-likeness (QED) is 0.311. The molecule has 0 saturated heterocycles. The highest BCUT2D eigenvalue weighted by molar-refractivity contribution is 5.98. The molecule has 1 N–H and O–H groups in total. The van der Waals surface area contributed by atoms with Crippen LogP contribution in [0.15, 0.2) is 73.1 Å². The molecule has 0 aliphatic carbocycles. The molecule has 3 aromatic carbocycles. The number of nitrogens with zero attached hydrogens (tertiary/aromatic N) is 4. The number of carbonyl (C=O) groups excluding carboxylic acids is 2. The topological polar surface area (TPSA) is 141 Å². The molecule has 48 heavy (non-hydrogen) atoms. The Kier molecular flexibility index (Phi) is 9.99. The molecule has 4 aliphatic rings. The summed E-state index contributed by atoms with van der Waals surface area (Å²) in [6.07, 6.45) is 4.39. The van der Waals surface area contributed by atoms with Gasteiger partial charge in [-0.05, 0) is 72.9 Å². The number of aromatic nitrogens is 2. The van der Waals surface area contributed by atoms with Crippen LogP contribution >= 0.6 is 0 Å².